The summed E-state index contributed by atoms with van der Waals surface area (Å²) < 4.78 is 21.7. The average Bonchev–Trinajstić information content (AvgIpc) is 2.79. The van der Waals surface area contributed by atoms with Crippen LogP contribution in [0.4, 0.5) is 4.39 Å². The Morgan fingerprint density at radius 3 is 3.10 bits per heavy atom. The molecule has 1 aliphatic heterocycles. The zero-order valence-electron chi connectivity index (χ0n) is 11.5. The summed E-state index contributed by atoms with van der Waals surface area (Å²) in [6.45, 7) is 2.81. The lowest BCUT2D eigenvalue weighted by Crippen LogP contribution is -2.26. The SMILES string of the molecule is CC1CC(n2c(CCCl)nc3c(F)cccc32)CCO1. The molecular formula is C15H18ClFN2O. The van der Waals surface area contributed by atoms with Crippen LogP contribution < -0.4 is 0 Å². The predicted molar refractivity (Wildman–Crippen MR) is 77.8 cm³/mol. The molecule has 0 saturated carbocycles. The van der Waals surface area contributed by atoms with Crippen LogP contribution in [-0.2, 0) is 11.2 Å². The van der Waals surface area contributed by atoms with Crippen molar-refractivity contribution < 1.29 is 9.13 Å². The number of fused-ring (bicyclic) bond motifs is 1. The van der Waals surface area contributed by atoms with Crippen LogP contribution in [0.2, 0.25) is 0 Å². The summed E-state index contributed by atoms with van der Waals surface area (Å²) in [5.41, 5.74) is 1.32. The largest absolute Gasteiger partial charge is 0.378 e. The van der Waals surface area contributed by atoms with Gasteiger partial charge in [0, 0.05) is 24.9 Å². The van der Waals surface area contributed by atoms with Crippen molar-refractivity contribution in [1.82, 2.24) is 9.55 Å². The van der Waals surface area contributed by atoms with Gasteiger partial charge in [0.15, 0.2) is 5.82 Å². The summed E-state index contributed by atoms with van der Waals surface area (Å²) >= 11 is 5.87. The number of benzene rings is 1. The Morgan fingerprint density at radius 1 is 1.50 bits per heavy atom. The van der Waals surface area contributed by atoms with Crippen molar-refractivity contribution in [2.75, 3.05) is 12.5 Å². The van der Waals surface area contributed by atoms with E-state index in [4.69, 9.17) is 16.3 Å². The number of alkyl halides is 1. The van der Waals surface area contributed by atoms with Crippen molar-refractivity contribution in [3.05, 3.63) is 29.8 Å². The van der Waals surface area contributed by atoms with Gasteiger partial charge in [-0.2, -0.15) is 0 Å². The van der Waals surface area contributed by atoms with Gasteiger partial charge in [0.1, 0.15) is 11.3 Å². The van der Waals surface area contributed by atoms with Crippen LogP contribution in [0.5, 0.6) is 0 Å². The smallest absolute Gasteiger partial charge is 0.151 e. The highest BCUT2D eigenvalue weighted by atomic mass is 35.5. The molecule has 3 rings (SSSR count). The molecule has 0 aliphatic carbocycles. The number of hydrogen-bond acceptors (Lipinski definition) is 2. The van der Waals surface area contributed by atoms with Crippen molar-refractivity contribution in [1.29, 1.82) is 0 Å². The van der Waals surface area contributed by atoms with Gasteiger partial charge in [0.05, 0.1) is 11.6 Å². The molecule has 3 nitrogen and oxygen atoms in total. The van der Waals surface area contributed by atoms with Crippen molar-refractivity contribution in [2.24, 2.45) is 0 Å². The highest BCUT2D eigenvalue weighted by molar-refractivity contribution is 6.17. The fourth-order valence-corrected chi connectivity index (χ4v) is 3.18. The van der Waals surface area contributed by atoms with E-state index in [1.165, 1.54) is 6.07 Å². The van der Waals surface area contributed by atoms with Gasteiger partial charge in [-0.1, -0.05) is 6.07 Å². The van der Waals surface area contributed by atoms with Crippen LogP contribution in [0.1, 0.15) is 31.6 Å². The molecule has 0 bridgehead atoms. The molecule has 1 aromatic carbocycles. The number of para-hydroxylation sites is 1. The first-order valence-corrected chi connectivity index (χ1v) is 7.57. The molecule has 1 saturated heterocycles. The monoisotopic (exact) mass is 296 g/mol. The van der Waals surface area contributed by atoms with Gasteiger partial charge in [-0.25, -0.2) is 9.37 Å². The number of hydrogen-bond donors (Lipinski definition) is 0. The second-order valence-electron chi connectivity index (χ2n) is 5.30. The van der Waals surface area contributed by atoms with Gasteiger partial charge < -0.3 is 9.30 Å². The van der Waals surface area contributed by atoms with E-state index < -0.39 is 0 Å². The average molecular weight is 297 g/mol. The number of aryl methyl sites for hydroxylation is 1. The Kier molecular flexibility index (Phi) is 3.94. The summed E-state index contributed by atoms with van der Waals surface area (Å²) in [6.07, 6.45) is 2.74. The Morgan fingerprint density at radius 2 is 2.35 bits per heavy atom. The maximum absolute atomic E-state index is 13.9. The number of rotatable bonds is 3. The highest BCUT2D eigenvalue weighted by Crippen LogP contribution is 2.31. The fraction of sp³-hybridized carbons (Fsp3) is 0.533. The van der Waals surface area contributed by atoms with Crippen molar-refractivity contribution >= 4 is 22.6 Å². The topological polar surface area (TPSA) is 27.1 Å². The minimum absolute atomic E-state index is 0.226. The van der Waals surface area contributed by atoms with Gasteiger partial charge in [0.2, 0.25) is 0 Å². The first kappa shape index (κ1) is 13.8. The van der Waals surface area contributed by atoms with Gasteiger partial charge in [-0.05, 0) is 31.9 Å². The van der Waals surface area contributed by atoms with E-state index in [1.54, 1.807) is 6.07 Å². The zero-order valence-corrected chi connectivity index (χ0v) is 12.2. The second-order valence-corrected chi connectivity index (χ2v) is 5.68. The summed E-state index contributed by atoms with van der Waals surface area (Å²) in [5.74, 6) is 1.10. The molecule has 2 unspecified atom stereocenters. The van der Waals surface area contributed by atoms with Crippen LogP contribution in [0, 0.1) is 5.82 Å². The summed E-state index contributed by atoms with van der Waals surface area (Å²) in [7, 11) is 0. The van der Waals surface area contributed by atoms with Gasteiger partial charge >= 0.3 is 0 Å². The number of halogens is 2. The number of ether oxygens (including phenoxy) is 1. The van der Waals surface area contributed by atoms with E-state index >= 15 is 0 Å². The molecule has 1 aliphatic rings. The number of nitrogens with zero attached hydrogens (tertiary/aromatic N) is 2. The minimum atomic E-state index is -0.266. The molecule has 108 valence electrons. The van der Waals surface area contributed by atoms with Crippen LogP contribution in [-0.4, -0.2) is 28.1 Å². The fourth-order valence-electron chi connectivity index (χ4n) is 3.01. The molecule has 0 radical (unpaired) electrons. The molecule has 20 heavy (non-hydrogen) atoms. The third-order valence-electron chi connectivity index (χ3n) is 3.88. The molecule has 0 amide bonds. The first-order valence-electron chi connectivity index (χ1n) is 7.03. The molecule has 2 aromatic rings. The van der Waals surface area contributed by atoms with Gasteiger partial charge in [-0.3, -0.25) is 0 Å². The van der Waals surface area contributed by atoms with Crippen LogP contribution in [0.15, 0.2) is 18.2 Å². The van der Waals surface area contributed by atoms with E-state index in [-0.39, 0.29) is 11.9 Å². The lowest BCUT2D eigenvalue weighted by Gasteiger charge is -2.29. The Labute approximate surface area is 122 Å². The Hall–Kier alpha value is -1.13. The quantitative estimate of drug-likeness (QED) is 0.808. The summed E-state index contributed by atoms with van der Waals surface area (Å²) in [4.78, 5) is 4.46. The summed E-state index contributed by atoms with van der Waals surface area (Å²) in [6, 6.07) is 5.44. The Balaban J connectivity index is 2.11. The predicted octanol–water partition coefficient (Wildman–Crippen LogP) is 3.70. The lowest BCUT2D eigenvalue weighted by atomic mass is 10.0. The molecular weight excluding hydrogens is 279 g/mol. The maximum atomic E-state index is 13.9. The third-order valence-corrected chi connectivity index (χ3v) is 4.07. The van der Waals surface area contributed by atoms with E-state index in [1.807, 2.05) is 6.07 Å². The van der Waals surface area contributed by atoms with Crippen molar-refractivity contribution in [3.8, 4) is 0 Å². The molecule has 1 fully saturated rings. The molecule has 2 atom stereocenters. The minimum Gasteiger partial charge on any atom is -0.378 e. The molecule has 0 N–H and O–H groups in total. The van der Waals surface area contributed by atoms with E-state index in [2.05, 4.69) is 16.5 Å². The zero-order chi connectivity index (χ0) is 14.1. The second kappa shape index (κ2) is 5.70. The van der Waals surface area contributed by atoms with Gasteiger partial charge in [0.25, 0.3) is 0 Å². The maximum Gasteiger partial charge on any atom is 0.151 e. The lowest BCUT2D eigenvalue weighted by molar-refractivity contribution is 0.00625. The number of aromatic nitrogens is 2. The van der Waals surface area contributed by atoms with E-state index in [0.717, 1.165) is 30.8 Å². The van der Waals surface area contributed by atoms with Crippen molar-refractivity contribution in [2.45, 2.75) is 38.3 Å². The normalized spacial score (nSPS) is 23.4. The van der Waals surface area contributed by atoms with E-state index in [0.29, 0.717) is 23.9 Å². The third kappa shape index (κ3) is 2.42. The van der Waals surface area contributed by atoms with E-state index in [9.17, 15) is 4.39 Å². The molecule has 0 spiro atoms. The molecule has 5 heteroatoms. The number of imidazole rings is 1. The highest BCUT2D eigenvalue weighted by Gasteiger charge is 2.25. The molecule has 1 aromatic heterocycles. The van der Waals surface area contributed by atoms with Crippen LogP contribution in [0.3, 0.4) is 0 Å². The summed E-state index contributed by atoms with van der Waals surface area (Å²) in [5, 5.41) is 0. The Bertz CT molecular complexity index is 613. The first-order chi connectivity index (χ1) is 9.70. The van der Waals surface area contributed by atoms with Crippen LogP contribution in [0.25, 0.3) is 11.0 Å². The van der Waals surface area contributed by atoms with Crippen molar-refractivity contribution in [3.63, 3.8) is 0 Å². The standard InChI is InChI=1S/C15H18ClFN2O/c1-10-9-11(6-8-20-10)19-13-4-2-3-12(17)15(13)18-14(19)5-7-16/h2-4,10-11H,5-9H2,1H3. The molecule has 2 heterocycles. The van der Waals surface area contributed by atoms with Gasteiger partial charge in [-0.15, -0.1) is 11.6 Å². The van der Waals surface area contributed by atoms with Crippen LogP contribution >= 0.6 is 11.6 Å².